The number of piperidine rings is 1. The van der Waals surface area contributed by atoms with Gasteiger partial charge in [-0.05, 0) is 37.9 Å². The molecular formula is C21H29N5O4. The molecule has 1 aromatic carbocycles. The number of hydrogen-bond acceptors (Lipinski definition) is 7. The van der Waals surface area contributed by atoms with Crippen molar-refractivity contribution < 1.29 is 14.1 Å². The molecule has 162 valence electrons. The van der Waals surface area contributed by atoms with Crippen LogP contribution < -0.4 is 5.32 Å². The van der Waals surface area contributed by atoms with E-state index in [1.165, 1.54) is 25.0 Å². The molecule has 1 aliphatic rings. The van der Waals surface area contributed by atoms with Gasteiger partial charge in [0, 0.05) is 30.8 Å². The first kappa shape index (κ1) is 21.9. The van der Waals surface area contributed by atoms with Gasteiger partial charge in [-0.2, -0.15) is 0 Å². The smallest absolute Gasteiger partial charge is 0.269 e. The molecule has 1 atom stereocenters. The second-order valence-electron chi connectivity index (χ2n) is 7.73. The molecule has 0 spiro atoms. The summed E-state index contributed by atoms with van der Waals surface area (Å²) in [6.07, 6.45) is 6.43. The molecule has 0 bridgehead atoms. The molecule has 1 unspecified atom stereocenters. The third-order valence-corrected chi connectivity index (χ3v) is 5.36. The van der Waals surface area contributed by atoms with Crippen LogP contribution in [0.1, 0.15) is 51.3 Å². The first-order valence-electron chi connectivity index (χ1n) is 10.6. The van der Waals surface area contributed by atoms with Crippen LogP contribution in [0.3, 0.4) is 0 Å². The first-order valence-corrected chi connectivity index (χ1v) is 10.6. The number of nitro benzene ring substituents is 1. The number of carbonyl (C=O) groups excluding carboxylic acids is 1. The topological polar surface area (TPSA) is 114 Å². The molecule has 30 heavy (non-hydrogen) atoms. The van der Waals surface area contributed by atoms with Crippen molar-refractivity contribution >= 4 is 11.6 Å². The number of amides is 1. The monoisotopic (exact) mass is 415 g/mol. The van der Waals surface area contributed by atoms with Crippen LogP contribution in [0.5, 0.6) is 0 Å². The minimum Gasteiger partial charge on any atom is -0.419 e. The second kappa shape index (κ2) is 10.8. The van der Waals surface area contributed by atoms with E-state index in [0.717, 1.165) is 38.8 Å². The normalized spacial score (nSPS) is 17.0. The number of hydrogen-bond donors (Lipinski definition) is 1. The van der Waals surface area contributed by atoms with Crippen LogP contribution in [0.15, 0.2) is 28.7 Å². The summed E-state index contributed by atoms with van der Waals surface area (Å²) in [6, 6.07) is 6.01. The zero-order valence-electron chi connectivity index (χ0n) is 17.4. The molecule has 0 saturated carbocycles. The van der Waals surface area contributed by atoms with Crippen LogP contribution in [-0.2, 0) is 11.3 Å². The molecule has 2 aromatic rings. The van der Waals surface area contributed by atoms with Gasteiger partial charge in [0.25, 0.3) is 5.69 Å². The molecule has 3 rings (SSSR count). The number of aromatic nitrogens is 2. The van der Waals surface area contributed by atoms with Crippen LogP contribution in [0.25, 0.3) is 11.5 Å². The summed E-state index contributed by atoms with van der Waals surface area (Å²) in [5.74, 6) is 0.928. The lowest BCUT2D eigenvalue weighted by Crippen LogP contribution is -2.42. The third kappa shape index (κ3) is 6.09. The van der Waals surface area contributed by atoms with E-state index >= 15 is 0 Å². The summed E-state index contributed by atoms with van der Waals surface area (Å²) in [5, 5.41) is 22.0. The highest BCUT2D eigenvalue weighted by Gasteiger charge is 2.26. The Morgan fingerprint density at radius 2 is 2.07 bits per heavy atom. The standard InChI is InChI=1S/C21H29N5O4/c1-2-3-4-5-12-22-20(27)17-7-6-13-25(14-17)15-19-23-24-21(30-19)16-8-10-18(11-9-16)26(28)29/h8-11,17H,2-7,12-15H2,1H3,(H,22,27). The van der Waals surface area contributed by atoms with E-state index in [2.05, 4.69) is 27.3 Å². The molecular weight excluding hydrogens is 386 g/mol. The number of nitrogens with zero attached hydrogens (tertiary/aromatic N) is 4. The molecule has 1 saturated heterocycles. The molecule has 9 nitrogen and oxygen atoms in total. The van der Waals surface area contributed by atoms with Gasteiger partial charge in [0.1, 0.15) is 0 Å². The van der Waals surface area contributed by atoms with Crippen LogP contribution in [0.4, 0.5) is 5.69 Å². The third-order valence-electron chi connectivity index (χ3n) is 5.36. The zero-order chi connectivity index (χ0) is 21.3. The average molecular weight is 415 g/mol. The summed E-state index contributed by atoms with van der Waals surface area (Å²) in [6.45, 7) is 4.97. The number of benzene rings is 1. The van der Waals surface area contributed by atoms with E-state index in [4.69, 9.17) is 4.42 Å². The summed E-state index contributed by atoms with van der Waals surface area (Å²) in [5.41, 5.74) is 0.653. The predicted octanol–water partition coefficient (Wildman–Crippen LogP) is 3.55. The second-order valence-corrected chi connectivity index (χ2v) is 7.73. The maximum Gasteiger partial charge on any atom is 0.269 e. The van der Waals surface area contributed by atoms with Crippen molar-refractivity contribution in [2.45, 2.75) is 52.0 Å². The molecule has 2 heterocycles. The fraction of sp³-hybridized carbons (Fsp3) is 0.571. The maximum absolute atomic E-state index is 12.5. The Morgan fingerprint density at radius 3 is 2.80 bits per heavy atom. The lowest BCUT2D eigenvalue weighted by atomic mass is 9.97. The lowest BCUT2D eigenvalue weighted by Gasteiger charge is -2.30. The Bertz CT molecular complexity index is 836. The molecule has 1 aromatic heterocycles. The van der Waals surface area contributed by atoms with E-state index in [9.17, 15) is 14.9 Å². The van der Waals surface area contributed by atoms with Crippen molar-refractivity contribution in [3.05, 3.63) is 40.3 Å². The Kier molecular flexibility index (Phi) is 7.89. The molecule has 1 aliphatic heterocycles. The minimum atomic E-state index is -0.447. The highest BCUT2D eigenvalue weighted by atomic mass is 16.6. The largest absolute Gasteiger partial charge is 0.419 e. The fourth-order valence-electron chi connectivity index (χ4n) is 3.67. The van der Waals surface area contributed by atoms with E-state index in [-0.39, 0.29) is 17.5 Å². The first-order chi connectivity index (χ1) is 14.6. The van der Waals surface area contributed by atoms with Crippen LogP contribution in [0.2, 0.25) is 0 Å². The van der Waals surface area contributed by atoms with Crippen molar-refractivity contribution in [2.75, 3.05) is 19.6 Å². The molecule has 0 aliphatic carbocycles. The summed E-state index contributed by atoms with van der Waals surface area (Å²) < 4.78 is 5.74. The Morgan fingerprint density at radius 1 is 1.27 bits per heavy atom. The lowest BCUT2D eigenvalue weighted by molar-refractivity contribution is -0.384. The number of nitrogens with one attached hydrogen (secondary N) is 1. The van der Waals surface area contributed by atoms with Crippen molar-refractivity contribution in [3.63, 3.8) is 0 Å². The van der Waals surface area contributed by atoms with E-state index < -0.39 is 4.92 Å². The van der Waals surface area contributed by atoms with Crippen molar-refractivity contribution in [3.8, 4) is 11.5 Å². The Hall–Kier alpha value is -2.81. The van der Waals surface area contributed by atoms with Gasteiger partial charge >= 0.3 is 0 Å². The molecule has 0 radical (unpaired) electrons. The van der Waals surface area contributed by atoms with E-state index in [1.807, 2.05) is 0 Å². The van der Waals surface area contributed by atoms with Gasteiger partial charge in [-0.3, -0.25) is 19.8 Å². The molecule has 1 fully saturated rings. The number of carbonyl (C=O) groups is 1. The van der Waals surface area contributed by atoms with Gasteiger partial charge < -0.3 is 9.73 Å². The number of nitro groups is 1. The summed E-state index contributed by atoms with van der Waals surface area (Å²) in [4.78, 5) is 24.9. The van der Waals surface area contributed by atoms with E-state index in [0.29, 0.717) is 30.4 Å². The van der Waals surface area contributed by atoms with Crippen LogP contribution in [-0.4, -0.2) is 45.6 Å². The average Bonchev–Trinajstić information content (AvgIpc) is 3.22. The number of unbranched alkanes of at least 4 members (excludes halogenated alkanes) is 3. The summed E-state index contributed by atoms with van der Waals surface area (Å²) in [7, 11) is 0. The van der Waals surface area contributed by atoms with Crippen molar-refractivity contribution in [2.24, 2.45) is 5.92 Å². The van der Waals surface area contributed by atoms with E-state index in [1.54, 1.807) is 12.1 Å². The molecule has 9 heteroatoms. The number of rotatable bonds is 10. The Labute approximate surface area is 176 Å². The SMILES string of the molecule is CCCCCCNC(=O)C1CCCN(Cc2nnc(-c3ccc([N+](=O)[O-])cc3)o2)C1. The van der Waals surface area contributed by atoms with Gasteiger partial charge in [0.15, 0.2) is 0 Å². The molecule has 1 N–H and O–H groups in total. The van der Waals surface area contributed by atoms with Gasteiger partial charge in [-0.25, -0.2) is 0 Å². The van der Waals surface area contributed by atoms with Crippen LogP contribution >= 0.6 is 0 Å². The summed E-state index contributed by atoms with van der Waals surface area (Å²) >= 11 is 0. The number of non-ortho nitro benzene ring substituents is 1. The Balaban J connectivity index is 1.50. The molecule has 1 amide bonds. The van der Waals surface area contributed by atoms with Crippen molar-refractivity contribution in [1.82, 2.24) is 20.4 Å². The number of likely N-dealkylation sites (tertiary alicyclic amines) is 1. The predicted molar refractivity (Wildman–Crippen MR) is 112 cm³/mol. The van der Waals surface area contributed by atoms with Gasteiger partial charge in [0.05, 0.1) is 17.4 Å². The van der Waals surface area contributed by atoms with Crippen molar-refractivity contribution in [1.29, 1.82) is 0 Å². The quantitative estimate of drug-likeness (QED) is 0.358. The fourth-order valence-corrected chi connectivity index (χ4v) is 3.67. The van der Waals surface area contributed by atoms with Gasteiger partial charge in [-0.15, -0.1) is 10.2 Å². The highest BCUT2D eigenvalue weighted by molar-refractivity contribution is 5.78. The van der Waals surface area contributed by atoms with Gasteiger partial charge in [0.2, 0.25) is 17.7 Å². The highest BCUT2D eigenvalue weighted by Crippen LogP contribution is 2.23. The zero-order valence-corrected chi connectivity index (χ0v) is 17.4. The van der Waals surface area contributed by atoms with Gasteiger partial charge in [-0.1, -0.05) is 26.2 Å². The minimum absolute atomic E-state index is 0.0120. The van der Waals surface area contributed by atoms with Crippen LogP contribution in [0, 0.1) is 16.0 Å². The maximum atomic E-state index is 12.5.